The molecule has 3 aromatic carbocycles. The molecule has 1 heterocycles. The minimum Gasteiger partial charge on any atom is -0.462 e. The molecule has 7 nitrogen and oxygen atoms in total. The first kappa shape index (κ1) is 30.1. The second-order valence-corrected chi connectivity index (χ2v) is 10.7. The number of hydrogen-bond acceptors (Lipinski definition) is 8. The minimum absolute atomic E-state index is 0.115. The van der Waals surface area contributed by atoms with Crippen molar-refractivity contribution in [3.63, 3.8) is 0 Å². The van der Waals surface area contributed by atoms with Gasteiger partial charge >= 0.3 is 11.9 Å². The zero-order valence-electron chi connectivity index (χ0n) is 22.2. The Labute approximate surface area is 244 Å². The lowest BCUT2D eigenvalue weighted by Crippen LogP contribution is -2.61. The summed E-state index contributed by atoms with van der Waals surface area (Å²) in [6.07, 6.45) is -3.06. The Morgan fingerprint density at radius 1 is 0.800 bits per heavy atom. The molecule has 1 aliphatic heterocycles. The predicted molar refractivity (Wildman–Crippen MR) is 154 cm³/mol. The van der Waals surface area contributed by atoms with E-state index in [1.165, 1.54) is 11.8 Å². The molecular formula is C31H33ClO7S. The van der Waals surface area contributed by atoms with Crippen LogP contribution in [0, 0.1) is 0 Å². The third-order valence-electron chi connectivity index (χ3n) is 6.26. The average Bonchev–Trinajstić information content (AvgIpc) is 3.00. The molecule has 0 amide bonds. The van der Waals surface area contributed by atoms with E-state index in [4.69, 9.17) is 35.3 Å². The van der Waals surface area contributed by atoms with Crippen molar-refractivity contribution in [1.29, 1.82) is 0 Å². The van der Waals surface area contributed by atoms with E-state index < -0.39 is 41.8 Å². The molecule has 1 saturated heterocycles. The van der Waals surface area contributed by atoms with Crippen LogP contribution >= 0.6 is 23.4 Å². The molecule has 3 aromatic rings. The van der Waals surface area contributed by atoms with Crippen LogP contribution in [0.3, 0.4) is 0 Å². The van der Waals surface area contributed by atoms with Crippen LogP contribution in [0.5, 0.6) is 0 Å². The largest absolute Gasteiger partial charge is 0.462 e. The highest BCUT2D eigenvalue weighted by Crippen LogP contribution is 2.35. The van der Waals surface area contributed by atoms with E-state index in [0.29, 0.717) is 5.56 Å². The molecule has 1 aliphatic rings. The van der Waals surface area contributed by atoms with Crippen LogP contribution in [0.1, 0.15) is 28.4 Å². The maximum Gasteiger partial charge on any atom is 0.338 e. The van der Waals surface area contributed by atoms with Gasteiger partial charge < -0.3 is 23.7 Å². The van der Waals surface area contributed by atoms with Crippen molar-refractivity contribution < 1.29 is 33.3 Å². The zero-order valence-corrected chi connectivity index (χ0v) is 23.8. The number of thioether (sulfide) groups is 1. The van der Waals surface area contributed by atoms with Crippen molar-refractivity contribution >= 4 is 35.3 Å². The van der Waals surface area contributed by atoms with E-state index in [1.54, 1.807) is 24.3 Å². The fraction of sp³-hybridized carbons (Fsp3) is 0.355. The molecule has 1 fully saturated rings. The van der Waals surface area contributed by atoms with E-state index in [0.717, 1.165) is 16.9 Å². The van der Waals surface area contributed by atoms with Crippen LogP contribution in [0.15, 0.2) is 91.0 Å². The van der Waals surface area contributed by atoms with E-state index in [2.05, 4.69) is 0 Å². The van der Waals surface area contributed by atoms with Gasteiger partial charge in [0.1, 0.15) is 36.2 Å². The number of esters is 2. The molecule has 0 radical (unpaired) electrons. The Morgan fingerprint density at radius 2 is 1.35 bits per heavy atom. The molecule has 5 atom stereocenters. The van der Waals surface area contributed by atoms with E-state index >= 15 is 0 Å². The first-order valence-electron chi connectivity index (χ1n) is 13.1. The number of carbonyl (C=O) groups is 2. The van der Waals surface area contributed by atoms with Crippen LogP contribution in [0.25, 0.3) is 0 Å². The molecule has 0 spiro atoms. The lowest BCUT2D eigenvalue weighted by Gasteiger charge is -2.45. The zero-order chi connectivity index (χ0) is 28.2. The van der Waals surface area contributed by atoms with E-state index in [-0.39, 0.29) is 25.7 Å². The van der Waals surface area contributed by atoms with Crippen LogP contribution in [-0.2, 0) is 41.7 Å². The first-order chi connectivity index (χ1) is 19.6. The smallest absolute Gasteiger partial charge is 0.338 e. The van der Waals surface area contributed by atoms with Crippen molar-refractivity contribution in [1.82, 2.24) is 0 Å². The quantitative estimate of drug-likeness (QED) is 0.189. The fourth-order valence-electron chi connectivity index (χ4n) is 4.34. The van der Waals surface area contributed by atoms with Gasteiger partial charge in [-0.15, -0.1) is 23.4 Å². The van der Waals surface area contributed by atoms with Crippen LogP contribution < -0.4 is 0 Å². The molecule has 0 saturated carbocycles. The molecule has 0 unspecified atom stereocenters. The molecule has 9 heteroatoms. The van der Waals surface area contributed by atoms with Gasteiger partial charge in [0, 0.05) is 0 Å². The summed E-state index contributed by atoms with van der Waals surface area (Å²) < 4.78 is 30.8. The standard InChI is InChI=1S/C31H33ClO7S/c1-2-40-31-29(37-20-23-14-8-4-9-15-23)28(39-30(34)24-16-10-5-11-17-24)27(25(38-31)21-35-26(33)18-32)36-19-22-12-6-3-7-13-22/h3-17,25,27-29,31H,2,18-21H2,1H3/t25-,27-,28+,29-,31+/m1/s1. The number of carbonyl (C=O) groups excluding carboxylic acids is 2. The first-order valence-corrected chi connectivity index (χ1v) is 14.7. The van der Waals surface area contributed by atoms with Gasteiger partial charge in [0.05, 0.1) is 18.8 Å². The highest BCUT2D eigenvalue weighted by Gasteiger charge is 2.50. The minimum atomic E-state index is -0.863. The molecule has 0 bridgehead atoms. The fourth-order valence-corrected chi connectivity index (χ4v) is 5.39. The highest BCUT2D eigenvalue weighted by atomic mass is 35.5. The van der Waals surface area contributed by atoms with Gasteiger partial charge in [-0.2, -0.15) is 0 Å². The lowest BCUT2D eigenvalue weighted by molar-refractivity contribution is -0.239. The Bertz CT molecular complexity index is 1180. The SMILES string of the molecule is CCS[C@@H]1O[C@H](COC(=O)CCl)[C@@H](OCc2ccccc2)[C@H](OC(=O)c2ccccc2)[C@H]1OCc1ccccc1. The monoisotopic (exact) mass is 584 g/mol. The molecule has 212 valence electrons. The molecular weight excluding hydrogens is 552 g/mol. The summed E-state index contributed by atoms with van der Waals surface area (Å²) in [6.45, 7) is 2.40. The van der Waals surface area contributed by atoms with Crippen molar-refractivity contribution in [2.24, 2.45) is 0 Å². The van der Waals surface area contributed by atoms with Gasteiger partial charge in [-0.05, 0) is 29.0 Å². The Hall–Kier alpha value is -2.88. The van der Waals surface area contributed by atoms with Gasteiger partial charge in [-0.1, -0.05) is 85.8 Å². The maximum absolute atomic E-state index is 13.4. The highest BCUT2D eigenvalue weighted by molar-refractivity contribution is 7.99. The molecule has 0 N–H and O–H groups in total. The summed E-state index contributed by atoms with van der Waals surface area (Å²) in [4.78, 5) is 25.3. The number of rotatable bonds is 13. The summed E-state index contributed by atoms with van der Waals surface area (Å²) in [6, 6.07) is 28.2. The Kier molecular flexibility index (Phi) is 11.9. The van der Waals surface area contributed by atoms with Crippen LogP contribution in [-0.4, -0.2) is 60.0 Å². The average molecular weight is 585 g/mol. The molecule has 40 heavy (non-hydrogen) atoms. The summed E-state index contributed by atoms with van der Waals surface area (Å²) >= 11 is 7.20. The number of ether oxygens (including phenoxy) is 5. The lowest BCUT2D eigenvalue weighted by atomic mass is 9.98. The maximum atomic E-state index is 13.4. The number of hydrogen-bond donors (Lipinski definition) is 0. The topological polar surface area (TPSA) is 80.3 Å². The molecule has 0 aromatic heterocycles. The Morgan fingerprint density at radius 3 is 1.90 bits per heavy atom. The van der Waals surface area contributed by atoms with Crippen molar-refractivity contribution in [2.75, 3.05) is 18.2 Å². The third-order valence-corrected chi connectivity index (χ3v) is 7.52. The second kappa shape index (κ2) is 15.8. The van der Waals surface area contributed by atoms with Crippen LogP contribution in [0.4, 0.5) is 0 Å². The Balaban J connectivity index is 1.66. The van der Waals surface area contributed by atoms with Gasteiger partial charge in [0.25, 0.3) is 0 Å². The normalized spacial score (nSPS) is 22.4. The number of benzene rings is 3. The van der Waals surface area contributed by atoms with Crippen molar-refractivity contribution in [3.05, 3.63) is 108 Å². The second-order valence-electron chi connectivity index (χ2n) is 9.07. The van der Waals surface area contributed by atoms with Gasteiger partial charge in [0.15, 0.2) is 6.10 Å². The van der Waals surface area contributed by atoms with E-state index in [1.807, 2.05) is 73.7 Å². The summed E-state index contributed by atoms with van der Waals surface area (Å²) in [5.41, 5.74) is 1.79. The van der Waals surface area contributed by atoms with Crippen LogP contribution in [0.2, 0.25) is 0 Å². The third kappa shape index (κ3) is 8.56. The van der Waals surface area contributed by atoms with E-state index in [9.17, 15) is 9.59 Å². The van der Waals surface area contributed by atoms with Crippen molar-refractivity contribution in [3.8, 4) is 0 Å². The molecule has 0 aliphatic carbocycles. The summed E-state index contributed by atoms with van der Waals surface area (Å²) in [5.74, 6) is -0.651. The summed E-state index contributed by atoms with van der Waals surface area (Å²) in [5, 5.41) is 0. The number of halogens is 1. The number of alkyl halides is 1. The predicted octanol–water partition coefficient (Wildman–Crippen LogP) is 5.64. The van der Waals surface area contributed by atoms with Gasteiger partial charge in [-0.25, -0.2) is 4.79 Å². The van der Waals surface area contributed by atoms with Gasteiger partial charge in [0.2, 0.25) is 0 Å². The molecule has 4 rings (SSSR count). The summed E-state index contributed by atoms with van der Waals surface area (Å²) in [7, 11) is 0. The van der Waals surface area contributed by atoms with Crippen molar-refractivity contribution in [2.45, 2.75) is 50.0 Å². The van der Waals surface area contributed by atoms with Gasteiger partial charge in [-0.3, -0.25) is 4.79 Å².